The summed E-state index contributed by atoms with van der Waals surface area (Å²) >= 11 is 0. The number of ether oxygens (including phenoxy) is 2. The maximum absolute atomic E-state index is 13.2. The lowest BCUT2D eigenvalue weighted by molar-refractivity contribution is -0.0766. The molecule has 0 fully saturated rings. The van der Waals surface area contributed by atoms with E-state index in [2.05, 4.69) is 4.74 Å². The molecule has 0 aliphatic rings. The number of carbonyl (C=O) groups is 1. The van der Waals surface area contributed by atoms with Crippen LogP contribution in [0.3, 0.4) is 0 Å². The number of anilines is 1. The second-order valence-electron chi connectivity index (χ2n) is 5.53. The van der Waals surface area contributed by atoms with E-state index >= 15 is 0 Å². The van der Waals surface area contributed by atoms with Crippen molar-refractivity contribution < 1.29 is 31.8 Å². The molecular weight excluding hydrogens is 354 g/mol. The van der Waals surface area contributed by atoms with Crippen LogP contribution in [0.25, 0.3) is 0 Å². The molecule has 0 aromatic heterocycles. The quantitative estimate of drug-likeness (QED) is 0.673. The first-order valence-electron chi connectivity index (χ1n) is 7.63. The molecule has 0 heterocycles. The van der Waals surface area contributed by atoms with Crippen molar-refractivity contribution in [2.75, 3.05) is 5.32 Å². The van der Waals surface area contributed by atoms with Crippen LogP contribution in [0.15, 0.2) is 36.4 Å². The summed E-state index contributed by atoms with van der Waals surface area (Å²) in [6, 6.07) is 9.36. The molecule has 0 saturated carbocycles. The Kier molecular flexibility index (Phi) is 6.43. The van der Waals surface area contributed by atoms with Crippen LogP contribution in [0.4, 0.5) is 28.0 Å². The maximum Gasteiger partial charge on any atom is 0.416 e. The Hall–Kier alpha value is -2.77. The highest BCUT2D eigenvalue weighted by atomic mass is 19.3. The minimum Gasteiger partial charge on any atom is -0.489 e. The number of amides is 1. The Labute approximate surface area is 147 Å². The van der Waals surface area contributed by atoms with Crippen molar-refractivity contribution in [2.24, 2.45) is 0 Å². The third-order valence-electron chi connectivity index (χ3n) is 3.55. The number of carbonyl (C=O) groups excluding carboxylic acids is 1. The first-order valence-corrected chi connectivity index (χ1v) is 7.63. The van der Waals surface area contributed by atoms with E-state index in [-0.39, 0.29) is 17.9 Å². The summed E-state index contributed by atoms with van der Waals surface area (Å²) in [6.07, 6.45) is -4.45. The van der Waals surface area contributed by atoms with E-state index in [0.29, 0.717) is 5.75 Å². The molecule has 2 aromatic carbocycles. The zero-order chi connectivity index (χ0) is 19.3. The molecule has 0 radical (unpaired) electrons. The highest BCUT2D eigenvalue weighted by molar-refractivity contribution is 5.87. The summed E-state index contributed by atoms with van der Waals surface area (Å²) in [5.74, 6) is 0.541. The number of halogens is 4. The van der Waals surface area contributed by atoms with Gasteiger partial charge in [0, 0.05) is 11.1 Å². The van der Waals surface area contributed by atoms with Crippen molar-refractivity contribution in [3.8, 4) is 5.75 Å². The molecule has 26 heavy (non-hydrogen) atoms. The van der Waals surface area contributed by atoms with E-state index in [4.69, 9.17) is 4.74 Å². The van der Waals surface area contributed by atoms with Gasteiger partial charge in [-0.2, -0.15) is 8.78 Å². The molecule has 2 rings (SSSR count). The van der Waals surface area contributed by atoms with E-state index in [1.807, 2.05) is 31.3 Å². The molecular formula is C18H17F4NO3. The number of rotatable bonds is 6. The lowest BCUT2D eigenvalue weighted by atomic mass is 10.1. The molecule has 0 bridgehead atoms. The number of para-hydroxylation sites is 1. The van der Waals surface area contributed by atoms with Gasteiger partial charge in [0.1, 0.15) is 12.4 Å². The van der Waals surface area contributed by atoms with Crippen LogP contribution >= 0.6 is 0 Å². The van der Waals surface area contributed by atoms with Gasteiger partial charge >= 0.3 is 12.7 Å². The third kappa shape index (κ3) is 5.11. The normalized spacial score (nSPS) is 10.9. The summed E-state index contributed by atoms with van der Waals surface area (Å²) in [7, 11) is 0. The summed E-state index contributed by atoms with van der Waals surface area (Å²) in [6.45, 7) is 0.245. The van der Waals surface area contributed by atoms with Gasteiger partial charge in [-0.15, -0.1) is 0 Å². The first kappa shape index (κ1) is 19.6. The predicted octanol–water partition coefficient (Wildman–Crippen LogP) is 5.59. The molecule has 0 aliphatic heterocycles. The van der Waals surface area contributed by atoms with Gasteiger partial charge in [0.05, 0.1) is 5.69 Å². The summed E-state index contributed by atoms with van der Waals surface area (Å²) < 4.78 is 60.0. The minimum atomic E-state index is -3.36. The van der Waals surface area contributed by atoms with Crippen LogP contribution in [0.2, 0.25) is 0 Å². The van der Waals surface area contributed by atoms with Crippen LogP contribution in [-0.2, 0) is 11.3 Å². The van der Waals surface area contributed by atoms with Gasteiger partial charge in [0.15, 0.2) is 0 Å². The van der Waals surface area contributed by atoms with Crippen LogP contribution in [0.1, 0.15) is 28.7 Å². The highest BCUT2D eigenvalue weighted by Gasteiger charge is 2.20. The maximum atomic E-state index is 13.2. The van der Waals surface area contributed by atoms with Gasteiger partial charge in [-0.3, -0.25) is 5.32 Å². The number of alkyl halides is 4. The topological polar surface area (TPSA) is 47.6 Å². The van der Waals surface area contributed by atoms with Crippen molar-refractivity contribution in [2.45, 2.75) is 33.5 Å². The Bertz CT molecular complexity index is 781. The van der Waals surface area contributed by atoms with Crippen molar-refractivity contribution >= 4 is 11.8 Å². The number of nitrogens with one attached hydrogen (secondary N) is 1. The van der Waals surface area contributed by atoms with Crippen molar-refractivity contribution in [3.63, 3.8) is 0 Å². The van der Waals surface area contributed by atoms with Gasteiger partial charge in [0.25, 0.3) is 6.43 Å². The molecule has 0 atom stereocenters. The van der Waals surface area contributed by atoms with Crippen LogP contribution in [-0.4, -0.2) is 12.7 Å². The second kappa shape index (κ2) is 8.55. The Balaban J connectivity index is 2.26. The molecule has 2 aromatic rings. The highest BCUT2D eigenvalue weighted by Crippen LogP contribution is 2.31. The smallest absolute Gasteiger partial charge is 0.416 e. The van der Waals surface area contributed by atoms with E-state index in [0.717, 1.165) is 17.2 Å². The van der Waals surface area contributed by atoms with Crippen LogP contribution in [0.5, 0.6) is 5.75 Å². The van der Waals surface area contributed by atoms with Crippen molar-refractivity contribution in [1.82, 2.24) is 0 Å². The molecule has 140 valence electrons. The number of benzene rings is 2. The fourth-order valence-corrected chi connectivity index (χ4v) is 2.40. The Morgan fingerprint density at radius 2 is 1.85 bits per heavy atom. The zero-order valence-electron chi connectivity index (χ0n) is 14.1. The largest absolute Gasteiger partial charge is 0.489 e. The molecule has 0 unspecified atom stereocenters. The lowest BCUT2D eigenvalue weighted by Gasteiger charge is -2.16. The monoisotopic (exact) mass is 371 g/mol. The molecule has 0 saturated heterocycles. The van der Waals surface area contributed by atoms with Crippen LogP contribution in [0, 0.1) is 13.8 Å². The third-order valence-corrected chi connectivity index (χ3v) is 3.55. The van der Waals surface area contributed by atoms with E-state index in [1.54, 1.807) is 6.07 Å². The minimum absolute atomic E-state index is 0.144. The fourth-order valence-electron chi connectivity index (χ4n) is 2.40. The molecule has 8 heteroatoms. The van der Waals surface area contributed by atoms with Crippen LogP contribution < -0.4 is 10.1 Å². The summed E-state index contributed by atoms with van der Waals surface area (Å²) in [5, 5.41) is 1.95. The average molecular weight is 371 g/mol. The standard InChI is InChI=1S/C18H17F4NO3/c1-10-6-7-14(11(2)8-10)25-9-12-4-3-5-13(16(19)20)15(12)23-18(24)26-17(21)22/h3-8,16-17H,9H2,1-2H3,(H,23,24). The zero-order valence-corrected chi connectivity index (χ0v) is 14.1. The fraction of sp³-hybridized carbons (Fsp3) is 0.278. The van der Waals surface area contributed by atoms with Gasteiger partial charge in [-0.25, -0.2) is 13.6 Å². The average Bonchev–Trinajstić information content (AvgIpc) is 2.54. The molecule has 1 amide bonds. The van der Waals surface area contributed by atoms with Gasteiger partial charge in [-0.1, -0.05) is 35.9 Å². The Morgan fingerprint density at radius 1 is 1.12 bits per heavy atom. The van der Waals surface area contributed by atoms with Gasteiger partial charge in [-0.05, 0) is 25.5 Å². The second-order valence-corrected chi connectivity index (χ2v) is 5.53. The molecule has 0 aliphatic carbocycles. The molecule has 4 nitrogen and oxygen atoms in total. The van der Waals surface area contributed by atoms with Crippen molar-refractivity contribution in [3.05, 3.63) is 58.7 Å². The number of hydrogen-bond acceptors (Lipinski definition) is 3. The summed E-state index contributed by atoms with van der Waals surface area (Å²) in [4.78, 5) is 11.4. The molecule has 1 N–H and O–H groups in total. The first-order chi connectivity index (χ1) is 12.3. The van der Waals surface area contributed by atoms with Gasteiger partial charge in [0.2, 0.25) is 0 Å². The number of aryl methyl sites for hydroxylation is 2. The Morgan fingerprint density at radius 3 is 2.46 bits per heavy atom. The molecule has 0 spiro atoms. The van der Waals surface area contributed by atoms with E-state index in [1.165, 1.54) is 12.1 Å². The lowest BCUT2D eigenvalue weighted by Crippen LogP contribution is -2.19. The summed E-state index contributed by atoms with van der Waals surface area (Å²) in [5.41, 5.74) is 1.26. The number of hydrogen-bond donors (Lipinski definition) is 1. The van der Waals surface area contributed by atoms with Crippen molar-refractivity contribution in [1.29, 1.82) is 0 Å². The SMILES string of the molecule is Cc1ccc(OCc2cccc(C(F)F)c2NC(=O)OC(F)F)c(C)c1. The van der Waals surface area contributed by atoms with E-state index < -0.39 is 24.7 Å². The van der Waals surface area contributed by atoms with E-state index in [9.17, 15) is 22.4 Å². The van der Waals surface area contributed by atoms with Gasteiger partial charge < -0.3 is 9.47 Å². The predicted molar refractivity (Wildman–Crippen MR) is 87.8 cm³/mol.